The van der Waals surface area contributed by atoms with Gasteiger partial charge in [-0.05, 0) is 36.9 Å². The van der Waals surface area contributed by atoms with Crippen molar-refractivity contribution in [1.29, 1.82) is 0 Å². The number of pyridine rings is 1. The maximum absolute atomic E-state index is 12.9. The summed E-state index contributed by atoms with van der Waals surface area (Å²) in [5.74, 6) is -1.48. The van der Waals surface area contributed by atoms with Crippen LogP contribution in [0.1, 0.15) is 12.7 Å². The summed E-state index contributed by atoms with van der Waals surface area (Å²) in [6.07, 6.45) is -4.16. The number of hydrogen-bond acceptors (Lipinski definition) is 6. The Kier molecular flexibility index (Phi) is 5.37. The molecule has 0 saturated heterocycles. The number of ether oxygens (including phenoxy) is 1. The van der Waals surface area contributed by atoms with Crippen molar-refractivity contribution in [3.05, 3.63) is 36.3 Å². The quantitative estimate of drug-likeness (QED) is 0.573. The lowest BCUT2D eigenvalue weighted by atomic mass is 10.2. The molecule has 0 amide bonds. The molecule has 0 fully saturated rings. The van der Waals surface area contributed by atoms with E-state index < -0.39 is 23.6 Å². The van der Waals surface area contributed by atoms with E-state index in [1.54, 1.807) is 0 Å². The summed E-state index contributed by atoms with van der Waals surface area (Å²) >= 11 is -0.203. The third-order valence-corrected chi connectivity index (χ3v) is 4.32. The first-order chi connectivity index (χ1) is 13.0. The van der Waals surface area contributed by atoms with Gasteiger partial charge >= 0.3 is 11.7 Å². The molecule has 3 aromatic heterocycles. The first-order valence-corrected chi connectivity index (χ1v) is 8.65. The van der Waals surface area contributed by atoms with Gasteiger partial charge < -0.3 is 4.74 Å². The van der Waals surface area contributed by atoms with Gasteiger partial charge in [0.05, 0.1) is 5.69 Å². The molecular weight excluding hydrogens is 412 g/mol. The van der Waals surface area contributed by atoms with Gasteiger partial charge in [0, 0.05) is 23.6 Å². The molecule has 0 saturated carbocycles. The molecule has 6 nitrogen and oxygen atoms in total. The summed E-state index contributed by atoms with van der Waals surface area (Å²) in [5.41, 5.74) is -3.86. The highest BCUT2D eigenvalue weighted by Gasteiger charge is 2.37. The van der Waals surface area contributed by atoms with Gasteiger partial charge in [-0.15, -0.1) is 10.2 Å². The fourth-order valence-corrected chi connectivity index (χ4v) is 2.66. The van der Waals surface area contributed by atoms with E-state index in [1.807, 2.05) is 0 Å². The van der Waals surface area contributed by atoms with Gasteiger partial charge in [0.1, 0.15) is 6.10 Å². The van der Waals surface area contributed by atoms with Crippen LogP contribution in [0.25, 0.3) is 16.9 Å². The summed E-state index contributed by atoms with van der Waals surface area (Å²) in [7, 11) is 0. The Labute approximate surface area is 157 Å². The van der Waals surface area contributed by atoms with E-state index in [9.17, 15) is 26.3 Å². The molecule has 0 aliphatic carbocycles. The molecule has 0 N–H and O–H groups in total. The molecule has 0 spiro atoms. The Morgan fingerprint density at radius 1 is 1.07 bits per heavy atom. The summed E-state index contributed by atoms with van der Waals surface area (Å²) in [6.45, 7) is 1.47. The number of alkyl halides is 6. The number of hydrogen-bond donors (Lipinski definition) is 0. The van der Waals surface area contributed by atoms with Crippen LogP contribution in [0.4, 0.5) is 26.3 Å². The highest BCUT2D eigenvalue weighted by Crippen LogP contribution is 2.31. The van der Waals surface area contributed by atoms with Crippen LogP contribution in [0.2, 0.25) is 0 Å². The zero-order valence-corrected chi connectivity index (χ0v) is 14.8. The standard InChI is InChI=1S/C15H11F6N5OS/c1-8(7-28-15(19,20)21)27-12-5-2-9(6-22-12)10-3-4-11-23-24-13(14(16,17)18)26(11)25-10/h2-6,8H,7H2,1H3/t8-/m1/s1. The van der Waals surface area contributed by atoms with Gasteiger partial charge in [-0.1, -0.05) is 0 Å². The van der Waals surface area contributed by atoms with Crippen molar-refractivity contribution in [2.45, 2.75) is 24.7 Å². The molecule has 0 radical (unpaired) electrons. The second-order valence-corrected chi connectivity index (χ2v) is 6.67. The SMILES string of the molecule is C[C@H](CSC(F)(F)F)Oc1ccc(-c2ccc3nnc(C(F)(F)F)n3n2)cn1. The third-order valence-electron chi connectivity index (χ3n) is 3.35. The summed E-state index contributed by atoms with van der Waals surface area (Å²) in [6, 6.07) is 5.65. The van der Waals surface area contributed by atoms with Crippen LogP contribution in [-0.2, 0) is 6.18 Å². The minimum absolute atomic E-state index is 0.0695. The van der Waals surface area contributed by atoms with Crippen molar-refractivity contribution in [3.8, 4) is 17.1 Å². The monoisotopic (exact) mass is 423 g/mol. The zero-order valence-electron chi connectivity index (χ0n) is 14.0. The number of halogens is 6. The molecule has 28 heavy (non-hydrogen) atoms. The molecule has 3 rings (SSSR count). The number of aromatic nitrogens is 5. The average Bonchev–Trinajstić information content (AvgIpc) is 3.03. The molecule has 0 unspecified atom stereocenters. The van der Waals surface area contributed by atoms with E-state index in [1.165, 1.54) is 37.4 Å². The molecule has 13 heteroatoms. The van der Waals surface area contributed by atoms with E-state index >= 15 is 0 Å². The summed E-state index contributed by atoms with van der Waals surface area (Å²) in [5, 5.41) is 10.4. The van der Waals surface area contributed by atoms with Crippen LogP contribution in [0.3, 0.4) is 0 Å². The van der Waals surface area contributed by atoms with Crippen molar-refractivity contribution in [2.75, 3.05) is 5.75 Å². The smallest absolute Gasteiger partial charge is 0.453 e. The van der Waals surface area contributed by atoms with Gasteiger partial charge in [0.15, 0.2) is 5.65 Å². The number of fused-ring (bicyclic) bond motifs is 1. The Hall–Kier alpha value is -2.57. The minimum Gasteiger partial charge on any atom is -0.474 e. The van der Waals surface area contributed by atoms with Crippen LogP contribution < -0.4 is 4.74 Å². The summed E-state index contributed by atoms with van der Waals surface area (Å²) in [4.78, 5) is 3.96. The summed E-state index contributed by atoms with van der Waals surface area (Å²) < 4.78 is 81.2. The van der Waals surface area contributed by atoms with Crippen LogP contribution >= 0.6 is 11.8 Å². The van der Waals surface area contributed by atoms with Gasteiger partial charge in [-0.3, -0.25) is 0 Å². The van der Waals surface area contributed by atoms with E-state index in [4.69, 9.17) is 4.74 Å². The predicted molar refractivity (Wildman–Crippen MR) is 87.6 cm³/mol. The largest absolute Gasteiger partial charge is 0.474 e. The zero-order chi connectivity index (χ0) is 20.5. The fourth-order valence-electron chi connectivity index (χ4n) is 2.17. The van der Waals surface area contributed by atoms with Gasteiger partial charge in [0.25, 0.3) is 5.82 Å². The van der Waals surface area contributed by atoms with Crippen molar-refractivity contribution >= 4 is 17.4 Å². The first kappa shape index (κ1) is 20.2. The van der Waals surface area contributed by atoms with E-state index in [0.29, 0.717) is 10.1 Å². The maximum atomic E-state index is 12.9. The van der Waals surface area contributed by atoms with E-state index in [0.717, 1.165) is 0 Å². The van der Waals surface area contributed by atoms with Crippen LogP contribution in [0.15, 0.2) is 30.5 Å². The van der Waals surface area contributed by atoms with Crippen LogP contribution in [-0.4, -0.2) is 42.2 Å². The molecule has 3 heterocycles. The second-order valence-electron chi connectivity index (χ2n) is 5.58. The van der Waals surface area contributed by atoms with Crippen molar-refractivity contribution in [3.63, 3.8) is 0 Å². The van der Waals surface area contributed by atoms with Crippen LogP contribution in [0.5, 0.6) is 5.88 Å². The van der Waals surface area contributed by atoms with E-state index in [2.05, 4.69) is 20.3 Å². The number of nitrogens with zero attached hydrogens (tertiary/aromatic N) is 5. The van der Waals surface area contributed by atoms with E-state index in [-0.39, 0.29) is 34.7 Å². The molecular formula is C15H11F6N5OS. The molecule has 3 aromatic rings. The number of thioether (sulfide) groups is 1. The Balaban J connectivity index is 1.76. The molecule has 0 aromatic carbocycles. The fraction of sp³-hybridized carbons (Fsp3) is 0.333. The molecule has 1 atom stereocenters. The Morgan fingerprint density at radius 2 is 1.82 bits per heavy atom. The molecule has 0 bridgehead atoms. The van der Waals surface area contributed by atoms with Crippen molar-refractivity contribution in [1.82, 2.24) is 24.8 Å². The Bertz CT molecular complexity index is 956. The second kappa shape index (κ2) is 7.45. The third kappa shape index (κ3) is 4.82. The lowest BCUT2D eigenvalue weighted by Crippen LogP contribution is -2.18. The topological polar surface area (TPSA) is 65.2 Å². The highest BCUT2D eigenvalue weighted by atomic mass is 32.2. The lowest BCUT2D eigenvalue weighted by Gasteiger charge is -2.14. The Morgan fingerprint density at radius 3 is 2.43 bits per heavy atom. The van der Waals surface area contributed by atoms with Gasteiger partial charge in [0.2, 0.25) is 5.88 Å². The number of rotatable bonds is 5. The molecule has 150 valence electrons. The lowest BCUT2D eigenvalue weighted by molar-refractivity contribution is -0.146. The van der Waals surface area contributed by atoms with Gasteiger partial charge in [-0.25, -0.2) is 4.98 Å². The van der Waals surface area contributed by atoms with Crippen molar-refractivity contribution < 1.29 is 31.1 Å². The highest BCUT2D eigenvalue weighted by molar-refractivity contribution is 8.00. The first-order valence-electron chi connectivity index (χ1n) is 7.66. The normalized spacial score (nSPS) is 13.7. The molecule has 0 aliphatic rings. The minimum atomic E-state index is -4.72. The predicted octanol–water partition coefficient (Wildman–Crippen LogP) is 4.23. The average molecular weight is 423 g/mol. The van der Waals surface area contributed by atoms with Gasteiger partial charge in [-0.2, -0.15) is 36.0 Å². The van der Waals surface area contributed by atoms with Crippen molar-refractivity contribution in [2.24, 2.45) is 0 Å². The molecule has 0 aliphatic heterocycles. The maximum Gasteiger partial charge on any atom is 0.453 e. The van der Waals surface area contributed by atoms with Crippen LogP contribution in [0, 0.1) is 0 Å².